The van der Waals surface area contributed by atoms with E-state index in [0.717, 1.165) is 38.5 Å². The summed E-state index contributed by atoms with van der Waals surface area (Å²) >= 11 is 0. The Hall–Kier alpha value is -1.06. The van der Waals surface area contributed by atoms with E-state index in [4.69, 9.17) is 9.47 Å². The maximum absolute atomic E-state index is 13.0. The van der Waals surface area contributed by atoms with Crippen LogP contribution in [0.15, 0.2) is 0 Å². The van der Waals surface area contributed by atoms with Crippen molar-refractivity contribution in [2.75, 3.05) is 13.2 Å². The molecule has 0 radical (unpaired) electrons. The molecule has 1 rings (SSSR count). The molecule has 1 aliphatic carbocycles. The van der Waals surface area contributed by atoms with Gasteiger partial charge in [-0.05, 0) is 25.7 Å². The summed E-state index contributed by atoms with van der Waals surface area (Å²) in [6, 6.07) is 0. The van der Waals surface area contributed by atoms with Crippen LogP contribution in [-0.4, -0.2) is 25.2 Å². The molecule has 1 saturated carbocycles. The number of carbonyl (C=O) groups excluding carboxylic acids is 2. The van der Waals surface area contributed by atoms with Crippen LogP contribution in [-0.2, 0) is 19.1 Å². The first kappa shape index (κ1) is 38.0. The van der Waals surface area contributed by atoms with E-state index in [-0.39, 0.29) is 11.9 Å². The van der Waals surface area contributed by atoms with E-state index >= 15 is 0 Å². The third kappa shape index (κ3) is 19.7. The van der Waals surface area contributed by atoms with Crippen LogP contribution < -0.4 is 0 Å². The smallest absolute Gasteiger partial charge is 0.323 e. The zero-order chi connectivity index (χ0) is 29.7. The van der Waals surface area contributed by atoms with Gasteiger partial charge in [-0.2, -0.15) is 0 Å². The molecule has 0 saturated heterocycles. The lowest BCUT2D eigenvalue weighted by Crippen LogP contribution is -2.40. The summed E-state index contributed by atoms with van der Waals surface area (Å²) in [4.78, 5) is 25.9. The second-order valence-electron chi connectivity index (χ2n) is 13.0. The highest BCUT2D eigenvalue weighted by Crippen LogP contribution is 2.40. The molecule has 242 valence electrons. The molecule has 0 aromatic carbocycles. The lowest BCUT2D eigenvalue weighted by atomic mass is 9.86. The van der Waals surface area contributed by atoms with Crippen molar-refractivity contribution in [3.05, 3.63) is 0 Å². The fraction of sp³-hybridized carbons (Fsp3) is 0.946. The molecule has 0 N–H and O–H groups in total. The molecule has 0 bridgehead atoms. The number of hydrogen-bond acceptors (Lipinski definition) is 4. The molecule has 1 fully saturated rings. The summed E-state index contributed by atoms with van der Waals surface area (Å²) in [6.45, 7) is 5.41. The van der Waals surface area contributed by atoms with E-state index in [9.17, 15) is 9.59 Å². The minimum absolute atomic E-state index is 0.329. The average Bonchev–Trinajstić information content (AvgIpc) is 3.49. The Morgan fingerprint density at radius 1 is 0.415 bits per heavy atom. The third-order valence-corrected chi connectivity index (χ3v) is 9.20. The van der Waals surface area contributed by atoms with Crippen molar-refractivity contribution in [3.63, 3.8) is 0 Å². The molecule has 0 aromatic heterocycles. The lowest BCUT2D eigenvalue weighted by molar-refractivity contribution is -0.172. The van der Waals surface area contributed by atoms with Crippen molar-refractivity contribution >= 4 is 11.9 Å². The van der Waals surface area contributed by atoms with Crippen LogP contribution in [0.5, 0.6) is 0 Å². The molecule has 0 amide bonds. The molecular formula is C37H70O4. The van der Waals surface area contributed by atoms with Crippen LogP contribution in [0.1, 0.15) is 206 Å². The van der Waals surface area contributed by atoms with Gasteiger partial charge in [0.15, 0.2) is 5.41 Å². The number of hydrogen-bond donors (Lipinski definition) is 0. The standard InChI is InChI=1S/C37H70O4/c1-3-5-7-9-11-13-15-17-19-21-23-25-29-33-40-35(38)37(31-27-28-32-37)36(39)41-34-30-26-24-22-20-18-16-14-12-10-8-6-4-2/h3-34H2,1-2H3. The molecular weight excluding hydrogens is 508 g/mol. The zero-order valence-corrected chi connectivity index (χ0v) is 27.8. The van der Waals surface area contributed by atoms with Gasteiger partial charge in [-0.15, -0.1) is 0 Å². The molecule has 4 heteroatoms. The highest BCUT2D eigenvalue weighted by molar-refractivity contribution is 6.00. The summed E-state index contributed by atoms with van der Waals surface area (Å²) in [6.07, 6.45) is 36.7. The predicted molar refractivity (Wildman–Crippen MR) is 174 cm³/mol. The second-order valence-corrected chi connectivity index (χ2v) is 13.0. The molecule has 41 heavy (non-hydrogen) atoms. The second kappa shape index (κ2) is 27.8. The Morgan fingerprint density at radius 2 is 0.659 bits per heavy atom. The minimum Gasteiger partial charge on any atom is -0.465 e. The van der Waals surface area contributed by atoms with Crippen LogP contribution in [0, 0.1) is 5.41 Å². The fourth-order valence-corrected chi connectivity index (χ4v) is 6.32. The highest BCUT2D eigenvalue weighted by Gasteiger charge is 2.50. The number of ether oxygens (including phenoxy) is 2. The summed E-state index contributed by atoms with van der Waals surface area (Å²) < 4.78 is 11.3. The van der Waals surface area contributed by atoms with E-state index in [0.29, 0.717) is 26.1 Å². The number of carbonyl (C=O) groups is 2. The largest absolute Gasteiger partial charge is 0.465 e. The molecule has 0 unspecified atom stereocenters. The third-order valence-electron chi connectivity index (χ3n) is 9.20. The van der Waals surface area contributed by atoms with Crippen molar-refractivity contribution in [1.29, 1.82) is 0 Å². The zero-order valence-electron chi connectivity index (χ0n) is 27.8. The van der Waals surface area contributed by atoms with Crippen molar-refractivity contribution in [2.45, 2.75) is 206 Å². The van der Waals surface area contributed by atoms with E-state index in [2.05, 4.69) is 13.8 Å². The van der Waals surface area contributed by atoms with Crippen molar-refractivity contribution in [1.82, 2.24) is 0 Å². The van der Waals surface area contributed by atoms with E-state index in [1.807, 2.05) is 0 Å². The Morgan fingerprint density at radius 3 is 0.927 bits per heavy atom. The first-order chi connectivity index (χ1) is 20.2. The number of unbranched alkanes of at least 4 members (excludes halogenated alkanes) is 24. The average molecular weight is 579 g/mol. The van der Waals surface area contributed by atoms with Gasteiger partial charge >= 0.3 is 11.9 Å². The summed E-state index contributed by atoms with van der Waals surface area (Å²) in [5, 5.41) is 0. The Labute approximate surface area is 255 Å². The molecule has 0 aromatic rings. The van der Waals surface area contributed by atoms with Crippen LogP contribution in [0.4, 0.5) is 0 Å². The topological polar surface area (TPSA) is 52.6 Å². The maximum atomic E-state index is 13.0. The molecule has 1 aliphatic rings. The van der Waals surface area contributed by atoms with Crippen LogP contribution in [0.25, 0.3) is 0 Å². The van der Waals surface area contributed by atoms with Gasteiger partial charge < -0.3 is 9.47 Å². The molecule has 4 nitrogen and oxygen atoms in total. The number of rotatable bonds is 30. The Balaban J connectivity index is 2.02. The quantitative estimate of drug-likeness (QED) is 0.0483. The normalized spacial score (nSPS) is 14.4. The highest BCUT2D eigenvalue weighted by atomic mass is 16.6. The Kier molecular flexibility index (Phi) is 25.7. The van der Waals surface area contributed by atoms with Crippen LogP contribution in [0.3, 0.4) is 0 Å². The van der Waals surface area contributed by atoms with Gasteiger partial charge in [0, 0.05) is 0 Å². The fourth-order valence-electron chi connectivity index (χ4n) is 6.32. The summed E-state index contributed by atoms with van der Waals surface area (Å²) in [7, 11) is 0. The van der Waals surface area contributed by atoms with Gasteiger partial charge in [0.05, 0.1) is 13.2 Å². The van der Waals surface area contributed by atoms with Crippen LogP contribution in [0.2, 0.25) is 0 Å². The van der Waals surface area contributed by atoms with Crippen molar-refractivity contribution in [3.8, 4) is 0 Å². The van der Waals surface area contributed by atoms with E-state index in [1.165, 1.54) is 141 Å². The summed E-state index contributed by atoms with van der Waals surface area (Å²) in [5.41, 5.74) is -1.03. The number of esters is 2. The Bertz CT molecular complexity index is 550. The van der Waals surface area contributed by atoms with Gasteiger partial charge in [-0.3, -0.25) is 9.59 Å². The summed E-state index contributed by atoms with van der Waals surface area (Å²) in [5.74, 6) is -0.659. The van der Waals surface area contributed by atoms with Gasteiger partial charge in [0.2, 0.25) is 0 Å². The van der Waals surface area contributed by atoms with E-state index in [1.54, 1.807) is 0 Å². The molecule has 0 spiro atoms. The van der Waals surface area contributed by atoms with Crippen molar-refractivity contribution < 1.29 is 19.1 Å². The first-order valence-electron chi connectivity index (χ1n) is 18.5. The monoisotopic (exact) mass is 579 g/mol. The van der Waals surface area contributed by atoms with Gasteiger partial charge in [0.1, 0.15) is 0 Å². The molecule has 0 aliphatic heterocycles. The first-order valence-corrected chi connectivity index (χ1v) is 18.5. The van der Waals surface area contributed by atoms with E-state index < -0.39 is 5.41 Å². The van der Waals surface area contributed by atoms with Crippen molar-refractivity contribution in [2.24, 2.45) is 5.41 Å². The maximum Gasteiger partial charge on any atom is 0.323 e. The van der Waals surface area contributed by atoms with Gasteiger partial charge in [0.25, 0.3) is 0 Å². The lowest BCUT2D eigenvalue weighted by Gasteiger charge is -2.24. The molecule has 0 heterocycles. The van der Waals surface area contributed by atoms with Gasteiger partial charge in [-0.1, -0.05) is 181 Å². The predicted octanol–water partition coefficient (Wildman–Crippen LogP) is 11.8. The minimum atomic E-state index is -1.03. The molecule has 0 atom stereocenters. The SMILES string of the molecule is CCCCCCCCCCCCCCCOC(=O)C1(C(=O)OCCCCCCCCCCCCCCC)CCCC1. The van der Waals surface area contributed by atoms with Gasteiger partial charge in [-0.25, -0.2) is 0 Å². The van der Waals surface area contributed by atoms with Crippen LogP contribution >= 0.6 is 0 Å².